The van der Waals surface area contributed by atoms with Gasteiger partial charge in [-0.15, -0.1) is 0 Å². The largest absolute Gasteiger partial charge is 0.481 e. The average Bonchev–Trinajstić information content (AvgIpc) is 2.27. The van der Waals surface area contributed by atoms with Crippen molar-refractivity contribution in [3.8, 4) is 0 Å². The van der Waals surface area contributed by atoms with E-state index in [1.807, 2.05) is 6.92 Å². The SMILES string of the molecule is CCCCC=N/C(=C(\C)C([N+](=O)[O-])[N+](=O)[O-])[N+](=O)[O-]. The minimum atomic E-state index is -2.36. The van der Waals surface area contributed by atoms with E-state index in [4.69, 9.17) is 0 Å². The van der Waals surface area contributed by atoms with Crippen molar-refractivity contribution in [2.45, 2.75) is 39.3 Å². The van der Waals surface area contributed by atoms with E-state index in [0.29, 0.717) is 6.42 Å². The number of hydrogen-bond donors (Lipinski definition) is 0. The van der Waals surface area contributed by atoms with E-state index in [1.54, 1.807) is 0 Å². The number of hydrogen-bond acceptors (Lipinski definition) is 7. The Hall–Kier alpha value is -2.39. The molecular weight excluding hydrogens is 260 g/mol. The van der Waals surface area contributed by atoms with Gasteiger partial charge in [-0.2, -0.15) is 0 Å². The van der Waals surface area contributed by atoms with Gasteiger partial charge in [0.25, 0.3) is 0 Å². The predicted molar refractivity (Wildman–Crippen MR) is 65.5 cm³/mol. The minimum absolute atomic E-state index is 0.461. The normalized spacial score (nSPS) is 12.6. The number of nitro groups is 3. The number of aliphatic imine (C=N–C) groups is 1. The topological polar surface area (TPSA) is 142 Å². The smallest absolute Gasteiger partial charge is 0.358 e. The molecule has 0 aliphatic carbocycles. The molecule has 0 N–H and O–H groups in total. The summed E-state index contributed by atoms with van der Waals surface area (Å²) in [4.78, 5) is 32.0. The zero-order chi connectivity index (χ0) is 15.0. The highest BCUT2D eigenvalue weighted by molar-refractivity contribution is 5.58. The van der Waals surface area contributed by atoms with Crippen molar-refractivity contribution in [2.24, 2.45) is 4.99 Å². The molecule has 0 spiro atoms. The molecule has 0 aromatic carbocycles. The molecule has 0 radical (unpaired) electrons. The molecule has 0 rings (SSSR count). The van der Waals surface area contributed by atoms with Crippen LogP contribution in [0.5, 0.6) is 0 Å². The Kier molecular flexibility index (Phi) is 6.86. The van der Waals surface area contributed by atoms with Crippen LogP contribution in [0.25, 0.3) is 0 Å². The van der Waals surface area contributed by atoms with Gasteiger partial charge < -0.3 is 10.1 Å². The zero-order valence-corrected chi connectivity index (χ0v) is 10.5. The number of nitrogens with zero attached hydrogens (tertiary/aromatic N) is 4. The van der Waals surface area contributed by atoms with Gasteiger partial charge in [0.05, 0.1) is 0 Å². The second kappa shape index (κ2) is 7.84. The van der Waals surface area contributed by atoms with Gasteiger partial charge in [-0.25, -0.2) is 0 Å². The Morgan fingerprint density at radius 3 is 2.11 bits per heavy atom. The fourth-order valence-corrected chi connectivity index (χ4v) is 1.25. The van der Waals surface area contributed by atoms with Crippen LogP contribution in [0.1, 0.15) is 33.1 Å². The summed E-state index contributed by atoms with van der Waals surface area (Å²) in [5.41, 5.74) is -0.604. The van der Waals surface area contributed by atoms with E-state index in [9.17, 15) is 30.3 Å². The lowest BCUT2D eigenvalue weighted by Gasteiger charge is -2.01. The second-order valence-corrected chi connectivity index (χ2v) is 3.66. The maximum atomic E-state index is 10.7. The third-order valence-electron chi connectivity index (χ3n) is 2.21. The lowest BCUT2D eigenvalue weighted by Crippen LogP contribution is -2.31. The molecule has 0 aliphatic rings. The first kappa shape index (κ1) is 16.6. The van der Waals surface area contributed by atoms with Crippen molar-refractivity contribution >= 4 is 6.21 Å². The molecule has 0 amide bonds. The predicted octanol–water partition coefficient (Wildman–Crippen LogP) is 1.64. The van der Waals surface area contributed by atoms with Crippen LogP contribution in [-0.4, -0.2) is 27.2 Å². The molecule has 0 aromatic rings. The summed E-state index contributed by atoms with van der Waals surface area (Å²) < 4.78 is 0. The van der Waals surface area contributed by atoms with Gasteiger partial charge in [-0.3, -0.25) is 20.2 Å². The van der Waals surface area contributed by atoms with Crippen molar-refractivity contribution in [3.05, 3.63) is 41.7 Å². The summed E-state index contributed by atoms with van der Waals surface area (Å²) in [5, 5.41) is 31.8. The van der Waals surface area contributed by atoms with Gasteiger partial charge in [-0.1, -0.05) is 18.3 Å². The molecule has 0 saturated heterocycles. The van der Waals surface area contributed by atoms with Gasteiger partial charge in [0.15, 0.2) is 5.57 Å². The van der Waals surface area contributed by atoms with E-state index >= 15 is 0 Å². The van der Waals surface area contributed by atoms with Crippen molar-refractivity contribution in [2.75, 3.05) is 0 Å². The van der Waals surface area contributed by atoms with E-state index in [2.05, 4.69) is 4.99 Å². The van der Waals surface area contributed by atoms with Crippen LogP contribution in [0.4, 0.5) is 0 Å². The molecule has 0 aromatic heterocycles. The summed E-state index contributed by atoms with van der Waals surface area (Å²) in [5.74, 6) is -0.852. The first-order chi connectivity index (χ1) is 8.82. The molecule has 0 heterocycles. The summed E-state index contributed by atoms with van der Waals surface area (Å²) in [7, 11) is 0. The van der Waals surface area contributed by atoms with Crippen molar-refractivity contribution < 1.29 is 14.8 Å². The number of rotatable bonds is 8. The first-order valence-corrected chi connectivity index (χ1v) is 5.47. The summed E-state index contributed by atoms with van der Waals surface area (Å²) in [6.07, 6.45) is 0.949. The Balaban J connectivity index is 5.36. The highest BCUT2D eigenvalue weighted by Crippen LogP contribution is 2.14. The van der Waals surface area contributed by atoms with Crippen LogP contribution in [-0.2, 0) is 0 Å². The zero-order valence-electron chi connectivity index (χ0n) is 10.5. The third kappa shape index (κ3) is 5.19. The molecule has 106 valence electrons. The fourth-order valence-electron chi connectivity index (χ4n) is 1.25. The van der Waals surface area contributed by atoms with Crippen LogP contribution >= 0.6 is 0 Å². The molecule has 0 unspecified atom stereocenters. The lowest BCUT2D eigenvalue weighted by molar-refractivity contribution is -0.731. The Labute approximate surface area is 108 Å². The third-order valence-corrected chi connectivity index (χ3v) is 2.21. The second-order valence-electron chi connectivity index (χ2n) is 3.66. The highest BCUT2D eigenvalue weighted by atomic mass is 16.7. The molecule has 0 bridgehead atoms. The van der Waals surface area contributed by atoms with Crippen LogP contribution < -0.4 is 0 Å². The van der Waals surface area contributed by atoms with Crippen molar-refractivity contribution in [3.63, 3.8) is 0 Å². The maximum Gasteiger partial charge on any atom is 0.481 e. The van der Waals surface area contributed by atoms with Gasteiger partial charge in [0.1, 0.15) is 16.1 Å². The van der Waals surface area contributed by atoms with Crippen LogP contribution in [0.3, 0.4) is 0 Å². The van der Waals surface area contributed by atoms with Gasteiger partial charge >= 0.3 is 12.0 Å². The minimum Gasteiger partial charge on any atom is -0.358 e. The monoisotopic (exact) mass is 274 g/mol. The molecule has 0 aliphatic heterocycles. The average molecular weight is 274 g/mol. The van der Waals surface area contributed by atoms with Crippen molar-refractivity contribution in [1.29, 1.82) is 0 Å². The Morgan fingerprint density at radius 2 is 1.74 bits per heavy atom. The van der Waals surface area contributed by atoms with E-state index in [1.165, 1.54) is 6.21 Å². The van der Waals surface area contributed by atoms with Gasteiger partial charge in [0.2, 0.25) is 0 Å². The molecule has 10 nitrogen and oxygen atoms in total. The molecule has 0 fully saturated rings. The van der Waals surface area contributed by atoms with E-state index < -0.39 is 32.3 Å². The van der Waals surface area contributed by atoms with Crippen molar-refractivity contribution in [1.82, 2.24) is 0 Å². The lowest BCUT2D eigenvalue weighted by atomic mass is 10.2. The molecular formula is C9H14N4O6. The van der Waals surface area contributed by atoms with Crippen LogP contribution in [0.15, 0.2) is 16.4 Å². The van der Waals surface area contributed by atoms with Gasteiger partial charge in [0, 0.05) is 6.42 Å². The summed E-state index contributed by atoms with van der Waals surface area (Å²) in [6.45, 7) is 2.88. The molecule has 10 heteroatoms. The maximum absolute atomic E-state index is 10.7. The standard InChI is InChI=1S/C9H14N4O6/c1-3-4-5-6-10-8(11(14)15)7(2)9(12(16)17)13(18)19/h6,9H,3-5H2,1-2H3/b8-7-,10-6?. The molecule has 0 saturated carbocycles. The first-order valence-electron chi connectivity index (χ1n) is 5.47. The van der Waals surface area contributed by atoms with Crippen LogP contribution in [0, 0.1) is 30.3 Å². The molecule has 19 heavy (non-hydrogen) atoms. The highest BCUT2D eigenvalue weighted by Gasteiger charge is 2.40. The van der Waals surface area contributed by atoms with Gasteiger partial charge in [-0.05, 0) is 18.3 Å². The van der Waals surface area contributed by atoms with Crippen LogP contribution in [0.2, 0.25) is 0 Å². The van der Waals surface area contributed by atoms with E-state index in [0.717, 1.165) is 19.8 Å². The summed E-state index contributed by atoms with van der Waals surface area (Å²) in [6, 6.07) is 0. The Morgan fingerprint density at radius 1 is 1.21 bits per heavy atom. The number of unbranched alkanes of at least 4 members (excludes halogenated alkanes) is 2. The summed E-state index contributed by atoms with van der Waals surface area (Å²) >= 11 is 0. The molecule has 0 atom stereocenters. The Bertz CT molecular complexity index is 416. The van der Waals surface area contributed by atoms with E-state index in [-0.39, 0.29) is 0 Å². The fraction of sp³-hybridized carbons (Fsp3) is 0.667. The quantitative estimate of drug-likeness (QED) is 0.216.